The van der Waals surface area contributed by atoms with E-state index in [1.807, 2.05) is 18.2 Å². The Labute approximate surface area is 154 Å². The summed E-state index contributed by atoms with van der Waals surface area (Å²) in [6.45, 7) is 0.318. The zero-order chi connectivity index (χ0) is 16.9. The molecule has 0 radical (unpaired) electrons. The first-order valence-corrected chi connectivity index (χ1v) is 8.61. The number of carbonyl (C=O) groups is 2. The molecule has 1 aromatic rings. The van der Waals surface area contributed by atoms with Gasteiger partial charge in [-0.25, -0.2) is 0 Å². The van der Waals surface area contributed by atoms with Crippen molar-refractivity contribution in [2.75, 3.05) is 6.61 Å². The van der Waals surface area contributed by atoms with Gasteiger partial charge >= 0.3 is 0 Å². The lowest BCUT2D eigenvalue weighted by molar-refractivity contribution is -0.122. The smallest absolute Gasteiger partial charge is 0.255 e. The molecule has 25 heavy (non-hydrogen) atoms. The Bertz CT molecular complexity index is 599. The quantitative estimate of drug-likeness (QED) is 0.681. The van der Waals surface area contributed by atoms with E-state index in [2.05, 4.69) is 10.6 Å². The molecule has 0 spiro atoms. The van der Waals surface area contributed by atoms with E-state index in [0.717, 1.165) is 18.4 Å². The molecule has 138 valence electrons. The molecule has 0 aliphatic carbocycles. The van der Waals surface area contributed by atoms with E-state index in [0.29, 0.717) is 36.7 Å². The van der Waals surface area contributed by atoms with Crippen LogP contribution in [0.25, 0.3) is 0 Å². The number of nitrogens with one attached hydrogen (secondary N) is 2. The standard InChI is InChI=1S/C18H25N3O3.ClH/c19-17(22)11-24-16-3-1-2-12(8-16)10-20-18(23)9-13-6-14-4-5-15(7-13)21-14;/h1-3,8,13-15,21H,4-7,9-11H2,(H2,19,22)(H,20,23);1H. The zero-order valence-corrected chi connectivity index (χ0v) is 15.0. The molecule has 1 aromatic carbocycles. The fraction of sp³-hybridized carbons (Fsp3) is 0.556. The van der Waals surface area contributed by atoms with Crippen LogP contribution in [-0.4, -0.2) is 30.5 Å². The monoisotopic (exact) mass is 367 g/mol. The molecule has 2 aliphatic heterocycles. The van der Waals surface area contributed by atoms with E-state index < -0.39 is 5.91 Å². The van der Waals surface area contributed by atoms with Gasteiger partial charge in [0.25, 0.3) is 5.91 Å². The summed E-state index contributed by atoms with van der Waals surface area (Å²) in [6, 6.07) is 8.55. The van der Waals surface area contributed by atoms with Crippen molar-refractivity contribution in [2.24, 2.45) is 11.7 Å². The number of amides is 2. The van der Waals surface area contributed by atoms with Gasteiger partial charge in [-0.05, 0) is 49.3 Å². The molecule has 6 nitrogen and oxygen atoms in total. The first-order chi connectivity index (χ1) is 11.6. The topological polar surface area (TPSA) is 93.5 Å². The summed E-state index contributed by atoms with van der Waals surface area (Å²) in [5.41, 5.74) is 6.00. The fourth-order valence-electron chi connectivity index (χ4n) is 3.78. The summed E-state index contributed by atoms with van der Waals surface area (Å²) in [5.74, 6) is 0.666. The van der Waals surface area contributed by atoms with E-state index in [-0.39, 0.29) is 24.9 Å². The Morgan fingerprint density at radius 2 is 1.96 bits per heavy atom. The normalized spacial score (nSPS) is 24.2. The van der Waals surface area contributed by atoms with Crippen molar-refractivity contribution in [2.45, 2.75) is 50.7 Å². The average molecular weight is 368 g/mol. The van der Waals surface area contributed by atoms with Crippen molar-refractivity contribution in [3.05, 3.63) is 29.8 Å². The second-order valence-corrected chi connectivity index (χ2v) is 6.86. The minimum absolute atomic E-state index is 0. The highest BCUT2D eigenvalue weighted by Gasteiger charge is 2.34. The minimum atomic E-state index is -0.510. The van der Waals surface area contributed by atoms with Gasteiger partial charge in [-0.3, -0.25) is 9.59 Å². The summed E-state index contributed by atoms with van der Waals surface area (Å²) in [5, 5.41) is 6.58. The Balaban J connectivity index is 0.00000225. The van der Waals surface area contributed by atoms with Crippen molar-refractivity contribution < 1.29 is 14.3 Å². The average Bonchev–Trinajstić information content (AvgIpc) is 2.90. The molecule has 2 heterocycles. The Morgan fingerprint density at radius 3 is 2.64 bits per heavy atom. The van der Waals surface area contributed by atoms with Gasteiger partial charge in [0.15, 0.2) is 6.61 Å². The van der Waals surface area contributed by atoms with Crippen LogP contribution >= 0.6 is 12.4 Å². The molecule has 7 heteroatoms. The van der Waals surface area contributed by atoms with Crippen LogP contribution < -0.4 is 21.1 Å². The third-order valence-corrected chi connectivity index (χ3v) is 4.81. The second kappa shape index (κ2) is 9.06. The molecule has 2 unspecified atom stereocenters. The molecule has 0 aromatic heterocycles. The Kier molecular flexibility index (Phi) is 7.08. The maximum absolute atomic E-state index is 12.2. The van der Waals surface area contributed by atoms with Crippen molar-refractivity contribution in [3.8, 4) is 5.75 Å². The summed E-state index contributed by atoms with van der Waals surface area (Å²) >= 11 is 0. The number of piperidine rings is 1. The number of fused-ring (bicyclic) bond motifs is 2. The van der Waals surface area contributed by atoms with Crippen molar-refractivity contribution in [1.82, 2.24) is 10.6 Å². The molecule has 0 saturated carbocycles. The number of benzene rings is 1. The van der Waals surface area contributed by atoms with Crippen LogP contribution in [0.2, 0.25) is 0 Å². The molecule has 2 amide bonds. The number of nitrogens with two attached hydrogens (primary N) is 1. The molecular weight excluding hydrogens is 342 g/mol. The van der Waals surface area contributed by atoms with Gasteiger partial charge in [-0.1, -0.05) is 12.1 Å². The maximum atomic E-state index is 12.2. The molecule has 3 rings (SSSR count). The number of ether oxygens (including phenoxy) is 1. The van der Waals surface area contributed by atoms with E-state index in [1.165, 1.54) is 12.8 Å². The van der Waals surface area contributed by atoms with Gasteiger partial charge in [-0.2, -0.15) is 0 Å². The maximum Gasteiger partial charge on any atom is 0.255 e. The molecule has 2 atom stereocenters. The van der Waals surface area contributed by atoms with Crippen LogP contribution in [0.15, 0.2) is 24.3 Å². The molecular formula is C18H26ClN3O3. The first-order valence-electron chi connectivity index (χ1n) is 8.61. The number of rotatable bonds is 7. The number of carbonyl (C=O) groups excluding carboxylic acids is 2. The van der Waals surface area contributed by atoms with Gasteiger partial charge in [0.2, 0.25) is 5.91 Å². The van der Waals surface area contributed by atoms with Crippen molar-refractivity contribution in [1.29, 1.82) is 0 Å². The van der Waals surface area contributed by atoms with Gasteiger partial charge in [-0.15, -0.1) is 12.4 Å². The molecule has 2 aliphatic rings. The SMILES string of the molecule is Cl.NC(=O)COc1cccc(CNC(=O)CC2CC3CCC(C2)N3)c1. The van der Waals surface area contributed by atoms with Crippen LogP contribution in [0.5, 0.6) is 5.75 Å². The predicted octanol–water partition coefficient (Wildman–Crippen LogP) is 1.51. The van der Waals surface area contributed by atoms with E-state index >= 15 is 0 Å². The Hall–Kier alpha value is -1.79. The zero-order valence-electron chi connectivity index (χ0n) is 14.2. The van der Waals surface area contributed by atoms with E-state index in [1.54, 1.807) is 6.07 Å². The number of hydrogen-bond acceptors (Lipinski definition) is 4. The number of halogens is 1. The van der Waals surface area contributed by atoms with Crippen LogP contribution in [0.4, 0.5) is 0 Å². The fourth-order valence-corrected chi connectivity index (χ4v) is 3.78. The Morgan fingerprint density at radius 1 is 1.24 bits per heavy atom. The van der Waals surface area contributed by atoms with Gasteiger partial charge in [0, 0.05) is 25.0 Å². The number of hydrogen-bond donors (Lipinski definition) is 3. The predicted molar refractivity (Wildman–Crippen MR) is 97.5 cm³/mol. The van der Waals surface area contributed by atoms with Crippen molar-refractivity contribution in [3.63, 3.8) is 0 Å². The second-order valence-electron chi connectivity index (χ2n) is 6.86. The van der Waals surface area contributed by atoms with Crippen LogP contribution in [-0.2, 0) is 16.1 Å². The largest absolute Gasteiger partial charge is 0.484 e. The van der Waals surface area contributed by atoms with Gasteiger partial charge in [0.1, 0.15) is 5.75 Å². The summed E-state index contributed by atoms with van der Waals surface area (Å²) < 4.78 is 5.27. The van der Waals surface area contributed by atoms with Crippen molar-refractivity contribution >= 4 is 24.2 Å². The highest BCUT2D eigenvalue weighted by atomic mass is 35.5. The lowest BCUT2D eigenvalue weighted by Crippen LogP contribution is -2.39. The highest BCUT2D eigenvalue weighted by Crippen LogP contribution is 2.32. The van der Waals surface area contributed by atoms with Gasteiger partial charge < -0.3 is 21.1 Å². The third-order valence-electron chi connectivity index (χ3n) is 4.81. The summed E-state index contributed by atoms with van der Waals surface area (Å²) in [7, 11) is 0. The highest BCUT2D eigenvalue weighted by molar-refractivity contribution is 5.85. The lowest BCUT2D eigenvalue weighted by atomic mass is 9.89. The minimum Gasteiger partial charge on any atom is -0.484 e. The van der Waals surface area contributed by atoms with E-state index in [4.69, 9.17) is 10.5 Å². The van der Waals surface area contributed by atoms with Crippen LogP contribution in [0.3, 0.4) is 0 Å². The summed E-state index contributed by atoms with van der Waals surface area (Å²) in [6.07, 6.45) is 5.33. The molecule has 2 bridgehead atoms. The first kappa shape index (κ1) is 19.5. The van der Waals surface area contributed by atoms with Crippen LogP contribution in [0, 0.1) is 5.92 Å². The van der Waals surface area contributed by atoms with Crippen LogP contribution in [0.1, 0.15) is 37.7 Å². The third kappa shape index (κ3) is 5.90. The van der Waals surface area contributed by atoms with Gasteiger partial charge in [0.05, 0.1) is 0 Å². The molecule has 2 fully saturated rings. The van der Waals surface area contributed by atoms with E-state index in [9.17, 15) is 9.59 Å². The number of primary amides is 1. The molecule has 2 saturated heterocycles. The lowest BCUT2D eigenvalue weighted by Gasteiger charge is -2.28. The summed E-state index contributed by atoms with van der Waals surface area (Å²) in [4.78, 5) is 22.9. The molecule has 4 N–H and O–H groups in total.